The number of methoxy groups -OCH3 is 1. The maximum absolute atomic E-state index is 5.91. The van der Waals surface area contributed by atoms with Gasteiger partial charge in [0.2, 0.25) is 0 Å². The fourth-order valence-electron chi connectivity index (χ4n) is 2.91. The number of benzene rings is 1. The Morgan fingerprint density at radius 1 is 1.33 bits per heavy atom. The molecule has 2 rings (SSSR count). The van der Waals surface area contributed by atoms with Gasteiger partial charge in [0, 0.05) is 30.7 Å². The molecule has 1 heterocycles. The van der Waals surface area contributed by atoms with Gasteiger partial charge in [0.25, 0.3) is 0 Å². The summed E-state index contributed by atoms with van der Waals surface area (Å²) < 4.78 is 5.43. The van der Waals surface area contributed by atoms with Gasteiger partial charge in [-0.15, -0.1) is 0 Å². The topological polar surface area (TPSA) is 38.5 Å². The number of para-hydroxylation sites is 1. The number of nitrogens with two attached hydrogens (primary N) is 1. The van der Waals surface area contributed by atoms with E-state index in [1.807, 2.05) is 12.1 Å². The van der Waals surface area contributed by atoms with Crippen molar-refractivity contribution in [3.63, 3.8) is 0 Å². The molecule has 2 atom stereocenters. The number of likely N-dealkylation sites (tertiary alicyclic amines) is 1. The molecule has 1 fully saturated rings. The van der Waals surface area contributed by atoms with Gasteiger partial charge in [-0.05, 0) is 25.8 Å². The molecular weight excluding hydrogens is 224 g/mol. The van der Waals surface area contributed by atoms with E-state index in [9.17, 15) is 0 Å². The van der Waals surface area contributed by atoms with Crippen molar-refractivity contribution in [1.29, 1.82) is 0 Å². The third kappa shape index (κ3) is 2.85. The molecule has 0 bridgehead atoms. The molecule has 0 radical (unpaired) electrons. The van der Waals surface area contributed by atoms with Crippen LogP contribution in [0, 0.1) is 0 Å². The molecule has 2 N–H and O–H groups in total. The Balaban J connectivity index is 2.14. The van der Waals surface area contributed by atoms with E-state index in [4.69, 9.17) is 10.5 Å². The SMILES string of the molecule is COc1ccccc1CN1C(C)CCCC1CN. The third-order valence-corrected chi connectivity index (χ3v) is 4.01. The number of nitrogens with zero attached hydrogens (tertiary/aromatic N) is 1. The first-order valence-electron chi connectivity index (χ1n) is 6.84. The summed E-state index contributed by atoms with van der Waals surface area (Å²) in [6.45, 7) is 3.99. The van der Waals surface area contributed by atoms with Crippen LogP contribution in [0.15, 0.2) is 24.3 Å². The van der Waals surface area contributed by atoms with Gasteiger partial charge in [-0.2, -0.15) is 0 Å². The molecule has 0 spiro atoms. The van der Waals surface area contributed by atoms with Crippen LogP contribution in [0.1, 0.15) is 31.7 Å². The summed E-state index contributed by atoms with van der Waals surface area (Å²) in [6, 6.07) is 9.39. The number of ether oxygens (including phenoxy) is 1. The molecule has 1 aliphatic heterocycles. The first kappa shape index (κ1) is 13.4. The molecule has 1 aliphatic rings. The van der Waals surface area contributed by atoms with Gasteiger partial charge < -0.3 is 10.5 Å². The Morgan fingerprint density at radius 3 is 2.83 bits per heavy atom. The fourth-order valence-corrected chi connectivity index (χ4v) is 2.91. The highest BCUT2D eigenvalue weighted by Crippen LogP contribution is 2.27. The Labute approximate surface area is 110 Å². The van der Waals surface area contributed by atoms with Crippen LogP contribution < -0.4 is 10.5 Å². The van der Waals surface area contributed by atoms with E-state index in [2.05, 4.69) is 24.0 Å². The smallest absolute Gasteiger partial charge is 0.123 e. The summed E-state index contributed by atoms with van der Waals surface area (Å²) in [5.74, 6) is 0.978. The lowest BCUT2D eigenvalue weighted by Crippen LogP contribution is -2.48. The first-order chi connectivity index (χ1) is 8.76. The van der Waals surface area contributed by atoms with Gasteiger partial charge in [0.05, 0.1) is 7.11 Å². The first-order valence-corrected chi connectivity index (χ1v) is 6.84. The summed E-state index contributed by atoms with van der Waals surface area (Å²) in [4.78, 5) is 2.53. The third-order valence-electron chi connectivity index (χ3n) is 4.01. The van der Waals surface area contributed by atoms with Gasteiger partial charge in [0.15, 0.2) is 0 Å². The molecule has 3 heteroatoms. The minimum absolute atomic E-state index is 0.513. The second-order valence-electron chi connectivity index (χ2n) is 5.15. The van der Waals surface area contributed by atoms with Gasteiger partial charge in [-0.3, -0.25) is 4.90 Å². The number of rotatable bonds is 4. The molecule has 0 saturated carbocycles. The van der Waals surface area contributed by atoms with Crippen LogP contribution in [0.5, 0.6) is 5.75 Å². The molecule has 100 valence electrons. The van der Waals surface area contributed by atoms with E-state index < -0.39 is 0 Å². The number of hydrogen-bond acceptors (Lipinski definition) is 3. The van der Waals surface area contributed by atoms with Crippen molar-refractivity contribution in [2.45, 2.75) is 44.8 Å². The quantitative estimate of drug-likeness (QED) is 0.889. The van der Waals surface area contributed by atoms with Crippen molar-refractivity contribution in [2.24, 2.45) is 5.73 Å². The largest absolute Gasteiger partial charge is 0.496 e. The van der Waals surface area contributed by atoms with Crippen molar-refractivity contribution < 1.29 is 4.74 Å². The average Bonchev–Trinajstić information content (AvgIpc) is 2.41. The predicted molar refractivity (Wildman–Crippen MR) is 74.7 cm³/mol. The summed E-state index contributed by atoms with van der Waals surface area (Å²) in [6.07, 6.45) is 3.78. The highest BCUT2D eigenvalue weighted by Gasteiger charge is 2.27. The van der Waals surface area contributed by atoms with Crippen molar-refractivity contribution in [2.75, 3.05) is 13.7 Å². The van der Waals surface area contributed by atoms with E-state index >= 15 is 0 Å². The van der Waals surface area contributed by atoms with E-state index in [1.54, 1.807) is 7.11 Å². The summed E-state index contributed by atoms with van der Waals surface area (Å²) in [5.41, 5.74) is 7.16. The summed E-state index contributed by atoms with van der Waals surface area (Å²) in [5, 5.41) is 0. The Bertz CT molecular complexity index is 381. The molecule has 1 aromatic carbocycles. The van der Waals surface area contributed by atoms with E-state index in [0.29, 0.717) is 12.1 Å². The normalized spacial score (nSPS) is 25.1. The maximum atomic E-state index is 5.91. The van der Waals surface area contributed by atoms with Crippen molar-refractivity contribution >= 4 is 0 Å². The minimum atomic E-state index is 0.513. The average molecular weight is 248 g/mol. The summed E-state index contributed by atoms with van der Waals surface area (Å²) >= 11 is 0. The molecule has 0 aromatic heterocycles. The van der Waals surface area contributed by atoms with Crippen LogP contribution in [-0.4, -0.2) is 30.6 Å². The molecule has 1 aromatic rings. The van der Waals surface area contributed by atoms with Crippen LogP contribution >= 0.6 is 0 Å². The zero-order valence-corrected chi connectivity index (χ0v) is 11.4. The van der Waals surface area contributed by atoms with E-state index in [-0.39, 0.29) is 0 Å². The molecule has 1 saturated heterocycles. The fraction of sp³-hybridized carbons (Fsp3) is 0.600. The van der Waals surface area contributed by atoms with Gasteiger partial charge in [-0.25, -0.2) is 0 Å². The van der Waals surface area contributed by atoms with Gasteiger partial charge in [-0.1, -0.05) is 24.6 Å². The van der Waals surface area contributed by atoms with Crippen molar-refractivity contribution in [1.82, 2.24) is 4.90 Å². The zero-order chi connectivity index (χ0) is 13.0. The predicted octanol–water partition coefficient (Wildman–Crippen LogP) is 2.40. The van der Waals surface area contributed by atoms with E-state index in [0.717, 1.165) is 18.8 Å². The van der Waals surface area contributed by atoms with Gasteiger partial charge in [0.1, 0.15) is 5.75 Å². The molecule has 18 heavy (non-hydrogen) atoms. The Hall–Kier alpha value is -1.06. The lowest BCUT2D eigenvalue weighted by Gasteiger charge is -2.40. The lowest BCUT2D eigenvalue weighted by atomic mass is 9.95. The van der Waals surface area contributed by atoms with Crippen molar-refractivity contribution in [3.8, 4) is 5.75 Å². The number of piperidine rings is 1. The lowest BCUT2D eigenvalue weighted by molar-refractivity contribution is 0.0883. The molecular formula is C15H24N2O. The minimum Gasteiger partial charge on any atom is -0.496 e. The molecule has 3 nitrogen and oxygen atoms in total. The number of hydrogen-bond donors (Lipinski definition) is 1. The van der Waals surface area contributed by atoms with Crippen LogP contribution in [0.2, 0.25) is 0 Å². The van der Waals surface area contributed by atoms with Crippen LogP contribution in [0.3, 0.4) is 0 Å². The van der Waals surface area contributed by atoms with E-state index in [1.165, 1.54) is 24.8 Å². The van der Waals surface area contributed by atoms with Crippen LogP contribution in [0.4, 0.5) is 0 Å². The van der Waals surface area contributed by atoms with Crippen LogP contribution in [-0.2, 0) is 6.54 Å². The molecule has 0 aliphatic carbocycles. The van der Waals surface area contributed by atoms with Gasteiger partial charge >= 0.3 is 0 Å². The standard InChI is InChI=1S/C15H24N2O/c1-12-6-5-8-14(10-16)17(12)11-13-7-3-4-9-15(13)18-2/h3-4,7,9,12,14H,5-6,8,10-11,16H2,1-2H3. The maximum Gasteiger partial charge on any atom is 0.123 e. The monoisotopic (exact) mass is 248 g/mol. The zero-order valence-electron chi connectivity index (χ0n) is 11.4. The summed E-state index contributed by atoms with van der Waals surface area (Å²) in [7, 11) is 1.74. The molecule has 0 amide bonds. The Morgan fingerprint density at radius 2 is 2.11 bits per heavy atom. The second kappa shape index (κ2) is 6.21. The van der Waals surface area contributed by atoms with Crippen molar-refractivity contribution in [3.05, 3.63) is 29.8 Å². The Kier molecular flexibility index (Phi) is 4.61. The second-order valence-corrected chi connectivity index (χ2v) is 5.15. The highest BCUT2D eigenvalue weighted by molar-refractivity contribution is 5.33. The van der Waals surface area contributed by atoms with Crippen LogP contribution in [0.25, 0.3) is 0 Å². The highest BCUT2D eigenvalue weighted by atomic mass is 16.5. The molecule has 2 unspecified atom stereocenters.